The highest BCUT2D eigenvalue weighted by atomic mass is 32.1. The first-order valence-electron chi connectivity index (χ1n) is 6.63. The van der Waals surface area contributed by atoms with E-state index in [-0.39, 0.29) is 11.9 Å². The van der Waals surface area contributed by atoms with Crippen molar-refractivity contribution in [2.45, 2.75) is 19.5 Å². The van der Waals surface area contributed by atoms with Crippen LogP contribution >= 0.6 is 12.2 Å². The minimum atomic E-state index is -0.245. The zero-order chi connectivity index (χ0) is 14.1. The molecule has 5 heteroatoms. The Morgan fingerprint density at radius 2 is 2.00 bits per heavy atom. The molecule has 1 N–H and O–H groups in total. The van der Waals surface area contributed by atoms with Crippen LogP contribution in [-0.2, 0) is 6.54 Å². The number of nitrogens with one attached hydrogen (secondary N) is 1. The molecule has 0 saturated carbocycles. The molecule has 0 spiro atoms. The largest absolute Gasteiger partial charge is 0.348 e. The first kappa shape index (κ1) is 13.1. The van der Waals surface area contributed by atoms with Crippen molar-refractivity contribution in [3.63, 3.8) is 0 Å². The predicted octanol–water partition coefficient (Wildman–Crippen LogP) is 3.40. The predicted molar refractivity (Wildman–Crippen MR) is 82.2 cm³/mol. The number of fused-ring (bicyclic) bond motifs is 1. The Morgan fingerprint density at radius 1 is 1.25 bits per heavy atom. The molecule has 1 aliphatic rings. The van der Waals surface area contributed by atoms with Crippen LogP contribution in [0.4, 0.5) is 10.1 Å². The van der Waals surface area contributed by atoms with Crippen molar-refractivity contribution in [3.05, 3.63) is 54.1 Å². The summed E-state index contributed by atoms with van der Waals surface area (Å²) in [6.07, 6.45) is 2.10. The third kappa shape index (κ3) is 2.41. The molecule has 1 atom stereocenters. The van der Waals surface area contributed by atoms with Gasteiger partial charge >= 0.3 is 0 Å². The maximum atomic E-state index is 12.9. The molecule has 0 radical (unpaired) electrons. The third-order valence-corrected chi connectivity index (χ3v) is 4.03. The summed E-state index contributed by atoms with van der Waals surface area (Å²) in [7, 11) is 0. The summed E-state index contributed by atoms with van der Waals surface area (Å²) in [6.45, 7) is 3.94. The molecule has 0 fully saturated rings. The molecule has 0 aliphatic carbocycles. The average molecular weight is 289 g/mol. The maximum Gasteiger partial charge on any atom is 0.174 e. The van der Waals surface area contributed by atoms with E-state index in [0.717, 1.165) is 18.8 Å². The molecule has 20 heavy (non-hydrogen) atoms. The lowest BCUT2D eigenvalue weighted by Gasteiger charge is -2.36. The molecule has 3 nitrogen and oxygen atoms in total. The number of hydrogen-bond donors (Lipinski definition) is 1. The van der Waals surface area contributed by atoms with E-state index in [1.54, 1.807) is 12.1 Å². The molecule has 0 saturated heterocycles. The van der Waals surface area contributed by atoms with Crippen molar-refractivity contribution in [2.24, 2.45) is 0 Å². The summed E-state index contributed by atoms with van der Waals surface area (Å²) in [5.41, 5.74) is 2.07. The zero-order valence-corrected chi connectivity index (χ0v) is 12.0. The number of thiocarbonyl (C=S) groups is 1. The van der Waals surface area contributed by atoms with Gasteiger partial charge in [-0.25, -0.2) is 4.39 Å². The quantitative estimate of drug-likeness (QED) is 0.813. The molecule has 2 heterocycles. The fourth-order valence-corrected chi connectivity index (χ4v) is 2.95. The molecule has 1 aromatic heterocycles. The Bertz CT molecular complexity index is 620. The first-order chi connectivity index (χ1) is 9.65. The molecular formula is C15H16FN3S. The number of nitrogens with zero attached hydrogens (tertiary/aromatic N) is 2. The van der Waals surface area contributed by atoms with Gasteiger partial charge in [0.1, 0.15) is 5.82 Å². The molecule has 0 amide bonds. The summed E-state index contributed by atoms with van der Waals surface area (Å²) in [6, 6.07) is 10.7. The van der Waals surface area contributed by atoms with Gasteiger partial charge in [0.05, 0.1) is 6.04 Å². The number of rotatable bonds is 1. The minimum absolute atomic E-state index is 0.235. The van der Waals surface area contributed by atoms with Crippen molar-refractivity contribution < 1.29 is 4.39 Å². The van der Waals surface area contributed by atoms with E-state index in [1.165, 1.54) is 17.8 Å². The lowest BCUT2D eigenvalue weighted by atomic mass is 10.1. The van der Waals surface area contributed by atoms with E-state index in [1.807, 2.05) is 0 Å². The van der Waals surface area contributed by atoms with Crippen LogP contribution in [-0.4, -0.2) is 21.1 Å². The fraction of sp³-hybridized carbons (Fsp3) is 0.267. The Hall–Kier alpha value is -1.88. The molecule has 2 aromatic rings. The van der Waals surface area contributed by atoms with Crippen LogP contribution in [0.25, 0.3) is 0 Å². The van der Waals surface area contributed by atoms with Crippen molar-refractivity contribution in [3.8, 4) is 0 Å². The second-order valence-corrected chi connectivity index (χ2v) is 5.32. The van der Waals surface area contributed by atoms with Crippen molar-refractivity contribution in [1.82, 2.24) is 9.47 Å². The van der Waals surface area contributed by atoms with Gasteiger partial charge in [0, 0.05) is 30.7 Å². The smallest absolute Gasteiger partial charge is 0.174 e. The summed E-state index contributed by atoms with van der Waals surface area (Å²) in [5, 5.41) is 3.85. The molecule has 1 unspecified atom stereocenters. The third-order valence-electron chi connectivity index (χ3n) is 3.70. The first-order valence-corrected chi connectivity index (χ1v) is 7.04. The van der Waals surface area contributed by atoms with Crippen LogP contribution in [0.5, 0.6) is 0 Å². The van der Waals surface area contributed by atoms with Gasteiger partial charge in [0.15, 0.2) is 5.11 Å². The minimum Gasteiger partial charge on any atom is -0.348 e. The SMILES string of the molecule is CC1c2cccn2CCN1C(=S)Nc1ccc(F)cc1. The van der Waals surface area contributed by atoms with Crippen LogP contribution in [0.1, 0.15) is 18.7 Å². The van der Waals surface area contributed by atoms with E-state index in [0.29, 0.717) is 5.11 Å². The Morgan fingerprint density at radius 3 is 2.75 bits per heavy atom. The number of aromatic nitrogens is 1. The summed E-state index contributed by atoms with van der Waals surface area (Å²) in [5.74, 6) is -0.245. The maximum absolute atomic E-state index is 12.9. The topological polar surface area (TPSA) is 20.2 Å². The second kappa shape index (κ2) is 5.25. The van der Waals surface area contributed by atoms with Gasteiger partial charge in [0.25, 0.3) is 0 Å². The second-order valence-electron chi connectivity index (χ2n) is 4.93. The lowest BCUT2D eigenvalue weighted by Crippen LogP contribution is -2.42. The van der Waals surface area contributed by atoms with Crippen molar-refractivity contribution in [1.29, 1.82) is 0 Å². The summed E-state index contributed by atoms with van der Waals surface area (Å²) in [4.78, 5) is 2.16. The molecule has 1 aliphatic heterocycles. The highest BCUT2D eigenvalue weighted by Crippen LogP contribution is 2.26. The van der Waals surface area contributed by atoms with Gasteiger partial charge in [-0.05, 0) is 55.5 Å². The number of halogens is 1. The summed E-state index contributed by atoms with van der Waals surface area (Å²) < 4.78 is 15.1. The van der Waals surface area contributed by atoms with Crippen LogP contribution in [0.2, 0.25) is 0 Å². The highest BCUT2D eigenvalue weighted by Gasteiger charge is 2.25. The monoisotopic (exact) mass is 289 g/mol. The van der Waals surface area contributed by atoms with Gasteiger partial charge in [0.2, 0.25) is 0 Å². The van der Waals surface area contributed by atoms with Crippen molar-refractivity contribution >= 4 is 23.0 Å². The number of benzene rings is 1. The van der Waals surface area contributed by atoms with E-state index in [9.17, 15) is 4.39 Å². The van der Waals surface area contributed by atoms with E-state index >= 15 is 0 Å². The van der Waals surface area contributed by atoms with E-state index in [4.69, 9.17) is 12.2 Å². The Kier molecular flexibility index (Phi) is 3.44. The van der Waals surface area contributed by atoms with Gasteiger partial charge < -0.3 is 14.8 Å². The van der Waals surface area contributed by atoms with Gasteiger partial charge in [-0.2, -0.15) is 0 Å². The Labute approximate surface area is 123 Å². The zero-order valence-electron chi connectivity index (χ0n) is 11.2. The van der Waals surface area contributed by atoms with Crippen LogP contribution in [0.3, 0.4) is 0 Å². The average Bonchev–Trinajstić information content (AvgIpc) is 2.91. The molecule has 3 rings (SSSR count). The van der Waals surface area contributed by atoms with Crippen LogP contribution < -0.4 is 5.32 Å². The van der Waals surface area contributed by atoms with Gasteiger partial charge in [-0.15, -0.1) is 0 Å². The highest BCUT2D eigenvalue weighted by molar-refractivity contribution is 7.80. The van der Waals surface area contributed by atoms with Crippen molar-refractivity contribution in [2.75, 3.05) is 11.9 Å². The normalized spacial score (nSPS) is 17.7. The summed E-state index contributed by atoms with van der Waals surface area (Å²) >= 11 is 5.48. The van der Waals surface area contributed by atoms with E-state index in [2.05, 4.69) is 40.0 Å². The lowest BCUT2D eigenvalue weighted by molar-refractivity contribution is 0.276. The molecule has 104 valence electrons. The van der Waals surface area contributed by atoms with Gasteiger partial charge in [-0.3, -0.25) is 0 Å². The number of anilines is 1. The molecular weight excluding hydrogens is 273 g/mol. The van der Waals surface area contributed by atoms with E-state index < -0.39 is 0 Å². The van der Waals surface area contributed by atoms with Gasteiger partial charge in [-0.1, -0.05) is 0 Å². The number of hydrogen-bond acceptors (Lipinski definition) is 1. The standard InChI is InChI=1S/C15H16FN3S/c1-11-14-3-2-8-18(14)9-10-19(11)15(20)17-13-6-4-12(16)5-7-13/h2-8,11H,9-10H2,1H3,(H,17,20). The molecule has 0 bridgehead atoms. The van der Waals surface area contributed by atoms with Crippen LogP contribution in [0, 0.1) is 5.82 Å². The fourth-order valence-electron chi connectivity index (χ4n) is 2.58. The van der Waals surface area contributed by atoms with Crippen LogP contribution in [0.15, 0.2) is 42.6 Å². The Balaban J connectivity index is 1.73. The molecule has 1 aromatic carbocycles.